The van der Waals surface area contributed by atoms with Crippen molar-refractivity contribution in [3.8, 4) is 17.2 Å². The Bertz CT molecular complexity index is 1010. The smallest absolute Gasteiger partial charge is 0.340 e. The van der Waals surface area contributed by atoms with Crippen LogP contribution < -0.4 is 25.5 Å². The van der Waals surface area contributed by atoms with Gasteiger partial charge in [-0.3, -0.25) is 4.79 Å². The number of carbonyl (C=O) groups excluding carboxylic acids is 1. The van der Waals surface area contributed by atoms with E-state index < -0.39 is 11.9 Å². The SMILES string of the molecule is CCOC(=O)C1=C(N)Oc2cc(C)[nH]c(=O)c2C1c1ccc(OC)c(OC)c1. The van der Waals surface area contributed by atoms with E-state index >= 15 is 0 Å². The van der Waals surface area contributed by atoms with Crippen LogP contribution in [0.25, 0.3) is 0 Å². The van der Waals surface area contributed by atoms with E-state index in [1.165, 1.54) is 14.2 Å². The Balaban J connectivity index is 2.28. The lowest BCUT2D eigenvalue weighted by atomic mass is 9.83. The highest BCUT2D eigenvalue weighted by molar-refractivity contribution is 5.92. The number of carbonyl (C=O) groups is 1. The third kappa shape index (κ3) is 3.28. The van der Waals surface area contributed by atoms with Crippen molar-refractivity contribution >= 4 is 5.97 Å². The van der Waals surface area contributed by atoms with Crippen molar-refractivity contribution < 1.29 is 23.7 Å². The van der Waals surface area contributed by atoms with Crippen LogP contribution in [0.5, 0.6) is 17.2 Å². The second-order valence-corrected chi connectivity index (χ2v) is 6.21. The standard InChI is InChI=1S/C20H22N2O6/c1-5-27-20(24)17-15(11-6-7-12(25-3)13(9-11)26-4)16-14(28-18(17)21)8-10(2)22-19(16)23/h6-9,15H,5,21H2,1-4H3,(H,22,23). The average molecular weight is 386 g/mol. The molecule has 1 aliphatic rings. The summed E-state index contributed by atoms with van der Waals surface area (Å²) in [6.45, 7) is 3.58. The van der Waals surface area contributed by atoms with Gasteiger partial charge in [0.2, 0.25) is 5.88 Å². The first kappa shape index (κ1) is 19.3. The van der Waals surface area contributed by atoms with Crippen molar-refractivity contribution in [2.75, 3.05) is 20.8 Å². The first-order chi connectivity index (χ1) is 13.4. The van der Waals surface area contributed by atoms with Crippen LogP contribution in [0.4, 0.5) is 0 Å². The van der Waals surface area contributed by atoms with E-state index in [1.54, 1.807) is 38.1 Å². The van der Waals surface area contributed by atoms with Crippen molar-refractivity contribution in [2.24, 2.45) is 5.73 Å². The van der Waals surface area contributed by atoms with Crippen LogP contribution in [0.1, 0.15) is 29.7 Å². The van der Waals surface area contributed by atoms with Gasteiger partial charge in [0.05, 0.1) is 32.3 Å². The number of hydrogen-bond acceptors (Lipinski definition) is 7. The molecule has 0 spiro atoms. The molecule has 2 aromatic rings. The predicted molar refractivity (Wildman–Crippen MR) is 102 cm³/mol. The zero-order chi connectivity index (χ0) is 20.4. The molecule has 0 saturated carbocycles. The fourth-order valence-electron chi connectivity index (χ4n) is 3.28. The molecule has 2 heterocycles. The summed E-state index contributed by atoms with van der Waals surface area (Å²) in [4.78, 5) is 28.2. The molecule has 1 atom stereocenters. The molecule has 3 N–H and O–H groups in total. The van der Waals surface area contributed by atoms with Crippen molar-refractivity contribution in [3.63, 3.8) is 0 Å². The van der Waals surface area contributed by atoms with Crippen LogP contribution in [0.2, 0.25) is 0 Å². The van der Waals surface area contributed by atoms with Gasteiger partial charge in [0, 0.05) is 11.8 Å². The van der Waals surface area contributed by atoms with Gasteiger partial charge in [0.15, 0.2) is 11.5 Å². The second-order valence-electron chi connectivity index (χ2n) is 6.21. The minimum absolute atomic E-state index is 0.0657. The van der Waals surface area contributed by atoms with Gasteiger partial charge in [0.25, 0.3) is 5.56 Å². The van der Waals surface area contributed by atoms with Gasteiger partial charge >= 0.3 is 5.97 Å². The maximum absolute atomic E-state index is 12.8. The van der Waals surface area contributed by atoms with Crippen molar-refractivity contribution in [2.45, 2.75) is 19.8 Å². The van der Waals surface area contributed by atoms with E-state index in [4.69, 9.17) is 24.7 Å². The summed E-state index contributed by atoms with van der Waals surface area (Å²) in [7, 11) is 3.03. The van der Waals surface area contributed by atoms with Crippen molar-refractivity contribution in [1.29, 1.82) is 0 Å². The Labute approximate surface area is 161 Å². The van der Waals surface area contributed by atoms with Crippen LogP contribution >= 0.6 is 0 Å². The Morgan fingerprint density at radius 2 is 1.93 bits per heavy atom. The highest BCUT2D eigenvalue weighted by Crippen LogP contribution is 2.43. The molecule has 8 heteroatoms. The summed E-state index contributed by atoms with van der Waals surface area (Å²) in [6.07, 6.45) is 0. The molecule has 0 bridgehead atoms. The fourth-order valence-corrected chi connectivity index (χ4v) is 3.28. The van der Waals surface area contributed by atoms with E-state index in [1.807, 2.05) is 0 Å². The number of aryl methyl sites for hydroxylation is 1. The Hall–Kier alpha value is -3.42. The number of esters is 1. The lowest BCUT2D eigenvalue weighted by Gasteiger charge is -2.28. The summed E-state index contributed by atoms with van der Waals surface area (Å²) in [5.74, 6) is -0.260. The molecule has 1 aromatic carbocycles. The number of ether oxygens (including phenoxy) is 4. The number of aromatic nitrogens is 1. The average Bonchev–Trinajstić information content (AvgIpc) is 2.66. The first-order valence-electron chi connectivity index (χ1n) is 8.71. The number of fused-ring (bicyclic) bond motifs is 1. The lowest BCUT2D eigenvalue weighted by molar-refractivity contribution is -0.139. The highest BCUT2D eigenvalue weighted by atomic mass is 16.5. The Morgan fingerprint density at radius 3 is 2.57 bits per heavy atom. The zero-order valence-corrected chi connectivity index (χ0v) is 16.1. The number of H-pyrrole nitrogens is 1. The number of rotatable bonds is 5. The number of nitrogens with one attached hydrogen (secondary N) is 1. The van der Waals surface area contributed by atoms with E-state index in [-0.39, 0.29) is 29.2 Å². The van der Waals surface area contributed by atoms with Crippen LogP contribution in [0.3, 0.4) is 0 Å². The topological polar surface area (TPSA) is 113 Å². The molecule has 8 nitrogen and oxygen atoms in total. The van der Waals surface area contributed by atoms with Crippen molar-refractivity contribution in [3.05, 3.63) is 62.9 Å². The molecule has 0 radical (unpaired) electrons. The fraction of sp³-hybridized carbons (Fsp3) is 0.300. The molecule has 0 saturated heterocycles. The summed E-state index contributed by atoms with van der Waals surface area (Å²) < 4.78 is 21.4. The Morgan fingerprint density at radius 1 is 1.21 bits per heavy atom. The number of benzene rings is 1. The predicted octanol–water partition coefficient (Wildman–Crippen LogP) is 1.96. The number of methoxy groups -OCH3 is 2. The molecule has 0 amide bonds. The number of hydrogen-bond donors (Lipinski definition) is 2. The van der Waals surface area contributed by atoms with Gasteiger partial charge in [0.1, 0.15) is 11.3 Å². The van der Waals surface area contributed by atoms with Gasteiger partial charge in [-0.15, -0.1) is 0 Å². The van der Waals surface area contributed by atoms with Crippen LogP contribution in [-0.4, -0.2) is 31.8 Å². The van der Waals surface area contributed by atoms with Gasteiger partial charge in [-0.1, -0.05) is 6.07 Å². The summed E-state index contributed by atoms with van der Waals surface area (Å²) in [6, 6.07) is 6.81. The van der Waals surface area contributed by atoms with Crippen LogP contribution in [-0.2, 0) is 9.53 Å². The molecule has 1 unspecified atom stereocenters. The number of nitrogens with two attached hydrogens (primary N) is 1. The van der Waals surface area contributed by atoms with E-state index in [9.17, 15) is 9.59 Å². The minimum Gasteiger partial charge on any atom is -0.493 e. The molecule has 148 valence electrons. The molecular weight excluding hydrogens is 364 g/mol. The highest BCUT2D eigenvalue weighted by Gasteiger charge is 2.38. The van der Waals surface area contributed by atoms with Gasteiger partial charge in [-0.25, -0.2) is 4.79 Å². The maximum Gasteiger partial charge on any atom is 0.340 e. The third-order valence-corrected chi connectivity index (χ3v) is 4.47. The summed E-state index contributed by atoms with van der Waals surface area (Å²) >= 11 is 0. The molecule has 0 fully saturated rings. The van der Waals surface area contributed by atoms with Gasteiger partial charge in [-0.2, -0.15) is 0 Å². The first-order valence-corrected chi connectivity index (χ1v) is 8.71. The number of aromatic amines is 1. The maximum atomic E-state index is 12.8. The molecule has 1 aromatic heterocycles. The molecular formula is C20H22N2O6. The minimum atomic E-state index is -0.785. The number of pyridine rings is 1. The van der Waals surface area contributed by atoms with Crippen molar-refractivity contribution in [1.82, 2.24) is 4.98 Å². The molecule has 3 rings (SSSR count). The second kappa shape index (κ2) is 7.67. The van der Waals surface area contributed by atoms with Gasteiger partial charge in [-0.05, 0) is 31.5 Å². The van der Waals surface area contributed by atoms with Crippen LogP contribution in [0.15, 0.2) is 40.5 Å². The quantitative estimate of drug-likeness (QED) is 0.755. The van der Waals surface area contributed by atoms with Gasteiger partial charge < -0.3 is 29.7 Å². The molecule has 1 aliphatic heterocycles. The normalized spacial score (nSPS) is 15.5. The van der Waals surface area contributed by atoms with E-state index in [0.717, 1.165) is 0 Å². The lowest BCUT2D eigenvalue weighted by Crippen LogP contribution is -2.32. The largest absolute Gasteiger partial charge is 0.493 e. The molecule has 28 heavy (non-hydrogen) atoms. The van der Waals surface area contributed by atoms with E-state index in [2.05, 4.69) is 4.98 Å². The summed E-state index contributed by atoms with van der Waals surface area (Å²) in [5, 5.41) is 0. The van der Waals surface area contributed by atoms with Crippen LogP contribution in [0, 0.1) is 6.92 Å². The van der Waals surface area contributed by atoms with E-state index in [0.29, 0.717) is 28.5 Å². The summed E-state index contributed by atoms with van der Waals surface area (Å²) in [5.41, 5.74) is 7.26. The zero-order valence-electron chi connectivity index (χ0n) is 16.1. The Kier molecular flexibility index (Phi) is 5.30. The third-order valence-electron chi connectivity index (χ3n) is 4.47. The molecule has 0 aliphatic carbocycles. The monoisotopic (exact) mass is 386 g/mol.